The molecule has 2 heterocycles. The van der Waals surface area contributed by atoms with Gasteiger partial charge in [0.25, 0.3) is 0 Å². The van der Waals surface area contributed by atoms with Gasteiger partial charge >= 0.3 is 0 Å². The van der Waals surface area contributed by atoms with Crippen LogP contribution in [0.4, 0.5) is 5.82 Å². The molecule has 3 rings (SSSR count). The Balaban J connectivity index is 1.74. The Labute approximate surface area is 124 Å². The first-order chi connectivity index (χ1) is 9.94. The maximum absolute atomic E-state index is 5.86. The molecule has 1 aliphatic carbocycles. The molecule has 0 aliphatic heterocycles. The maximum Gasteiger partial charge on any atom is 0.165 e. The summed E-state index contributed by atoms with van der Waals surface area (Å²) in [5.41, 5.74) is 7.18. The van der Waals surface area contributed by atoms with Gasteiger partial charge in [-0.3, -0.25) is 0 Å². The van der Waals surface area contributed by atoms with Crippen molar-refractivity contribution in [3.05, 3.63) is 24.8 Å². The van der Waals surface area contributed by atoms with Crippen molar-refractivity contribution in [2.24, 2.45) is 5.92 Å². The van der Waals surface area contributed by atoms with E-state index < -0.39 is 0 Å². The number of nitrogens with two attached hydrogens (primary N) is 1. The van der Waals surface area contributed by atoms with Gasteiger partial charge in [0.1, 0.15) is 11.8 Å². The second kappa shape index (κ2) is 5.11. The Hall–Kier alpha value is -1.95. The number of rotatable bonds is 3. The monoisotopic (exact) mass is 287 g/mol. The lowest BCUT2D eigenvalue weighted by Crippen LogP contribution is -2.22. The van der Waals surface area contributed by atoms with Gasteiger partial charge in [-0.2, -0.15) is 0 Å². The summed E-state index contributed by atoms with van der Waals surface area (Å²) in [6, 6.07) is 0.248. The fraction of sp³-hybridized carbons (Fsp3) is 0.533. The second-order valence-electron chi connectivity index (χ2n) is 6.45. The molecule has 112 valence electrons. The minimum atomic E-state index is -0.102. The van der Waals surface area contributed by atoms with Gasteiger partial charge in [-0.1, -0.05) is 12.2 Å². The van der Waals surface area contributed by atoms with E-state index >= 15 is 0 Å². The first kappa shape index (κ1) is 14.0. The van der Waals surface area contributed by atoms with Crippen LogP contribution in [-0.2, 0) is 4.74 Å². The molecule has 1 aliphatic rings. The molecule has 2 N–H and O–H groups in total. The Morgan fingerprint density at radius 1 is 1.29 bits per heavy atom. The predicted molar refractivity (Wildman–Crippen MR) is 81.7 cm³/mol. The van der Waals surface area contributed by atoms with E-state index in [2.05, 4.69) is 52.4 Å². The van der Waals surface area contributed by atoms with Crippen molar-refractivity contribution >= 4 is 17.0 Å². The topological polar surface area (TPSA) is 78.9 Å². The summed E-state index contributed by atoms with van der Waals surface area (Å²) in [5.74, 6) is 0.846. The highest BCUT2D eigenvalue weighted by Gasteiger charge is 2.24. The molecule has 0 bridgehead atoms. The number of ether oxygens (including phenoxy) is 1. The molecule has 6 nitrogen and oxygen atoms in total. The number of hydrogen-bond donors (Lipinski definition) is 1. The van der Waals surface area contributed by atoms with Crippen LogP contribution in [0.5, 0.6) is 0 Å². The zero-order valence-electron chi connectivity index (χ0n) is 12.7. The number of anilines is 1. The molecule has 2 aromatic rings. The third-order valence-electron chi connectivity index (χ3n) is 3.62. The van der Waals surface area contributed by atoms with Gasteiger partial charge in [-0.05, 0) is 27.2 Å². The number of allylic oxidation sites excluding steroid dienone is 1. The number of hydrogen-bond acceptors (Lipinski definition) is 5. The van der Waals surface area contributed by atoms with E-state index in [1.807, 2.05) is 0 Å². The van der Waals surface area contributed by atoms with Crippen molar-refractivity contribution in [1.82, 2.24) is 19.5 Å². The van der Waals surface area contributed by atoms with Crippen molar-refractivity contribution < 1.29 is 4.74 Å². The Bertz CT molecular complexity index is 670. The van der Waals surface area contributed by atoms with E-state index in [1.165, 1.54) is 6.33 Å². The molecule has 21 heavy (non-hydrogen) atoms. The zero-order valence-corrected chi connectivity index (χ0v) is 12.7. The molecule has 6 heteroatoms. The summed E-state index contributed by atoms with van der Waals surface area (Å²) < 4.78 is 7.92. The average molecular weight is 287 g/mol. The van der Waals surface area contributed by atoms with Crippen LogP contribution >= 0.6 is 0 Å². The molecule has 2 aromatic heterocycles. The zero-order chi connectivity index (χ0) is 15.0. The van der Waals surface area contributed by atoms with Crippen LogP contribution in [0.25, 0.3) is 11.2 Å². The lowest BCUT2D eigenvalue weighted by Gasteiger charge is -2.22. The fourth-order valence-corrected chi connectivity index (χ4v) is 2.55. The highest BCUT2D eigenvalue weighted by atomic mass is 16.5. The summed E-state index contributed by atoms with van der Waals surface area (Å²) in [6.45, 7) is 6.96. The normalized spacial score (nSPS) is 22.2. The van der Waals surface area contributed by atoms with Crippen LogP contribution in [0.1, 0.15) is 33.2 Å². The quantitative estimate of drug-likeness (QED) is 0.877. The SMILES string of the molecule is CC(C)(C)OC[C@H]1C=C[C@@H](n2cnc3c(N)ncnc32)C1. The van der Waals surface area contributed by atoms with E-state index in [1.54, 1.807) is 6.33 Å². The number of fused-ring (bicyclic) bond motifs is 1. The van der Waals surface area contributed by atoms with Gasteiger partial charge in [0.05, 0.1) is 24.6 Å². The molecule has 0 fully saturated rings. The standard InChI is InChI=1S/C15H21N5O/c1-15(2,3)21-7-10-4-5-11(6-10)20-9-19-12-13(16)17-8-18-14(12)20/h4-5,8-11H,6-7H2,1-3H3,(H2,16,17,18)/t10-,11+/m0/s1. The molecule has 0 saturated heterocycles. The highest BCUT2D eigenvalue weighted by molar-refractivity contribution is 5.81. The molecule has 0 spiro atoms. The predicted octanol–water partition coefficient (Wildman–Crippen LogP) is 2.34. The van der Waals surface area contributed by atoms with E-state index in [0.717, 1.165) is 18.7 Å². The molecule has 0 saturated carbocycles. The summed E-state index contributed by atoms with van der Waals surface area (Å²) >= 11 is 0. The Kier molecular flexibility index (Phi) is 3.41. The van der Waals surface area contributed by atoms with Gasteiger partial charge in [0.15, 0.2) is 11.5 Å². The summed E-state index contributed by atoms with van der Waals surface area (Å²) in [7, 11) is 0. The Morgan fingerprint density at radius 3 is 2.86 bits per heavy atom. The first-order valence-corrected chi connectivity index (χ1v) is 7.19. The molecule has 0 aromatic carbocycles. The number of nitrogen functional groups attached to an aromatic ring is 1. The Morgan fingerprint density at radius 2 is 2.10 bits per heavy atom. The van der Waals surface area contributed by atoms with Crippen molar-refractivity contribution in [3.63, 3.8) is 0 Å². The van der Waals surface area contributed by atoms with Crippen molar-refractivity contribution in [2.45, 2.75) is 38.8 Å². The lowest BCUT2D eigenvalue weighted by atomic mass is 10.1. The smallest absolute Gasteiger partial charge is 0.165 e. The average Bonchev–Trinajstić information content (AvgIpc) is 3.02. The third kappa shape index (κ3) is 2.90. The van der Waals surface area contributed by atoms with Gasteiger partial charge in [-0.15, -0.1) is 0 Å². The second-order valence-corrected chi connectivity index (χ2v) is 6.45. The van der Waals surface area contributed by atoms with Gasteiger partial charge in [0, 0.05) is 5.92 Å². The van der Waals surface area contributed by atoms with Crippen LogP contribution in [0.15, 0.2) is 24.8 Å². The van der Waals surface area contributed by atoms with Crippen molar-refractivity contribution in [3.8, 4) is 0 Å². The maximum atomic E-state index is 5.86. The third-order valence-corrected chi connectivity index (χ3v) is 3.62. The van der Waals surface area contributed by atoms with Crippen LogP contribution in [-0.4, -0.2) is 31.7 Å². The molecular weight excluding hydrogens is 266 g/mol. The van der Waals surface area contributed by atoms with Crippen LogP contribution in [0.2, 0.25) is 0 Å². The molecule has 0 unspecified atom stereocenters. The molecule has 2 atom stereocenters. The van der Waals surface area contributed by atoms with E-state index in [4.69, 9.17) is 10.5 Å². The minimum absolute atomic E-state index is 0.102. The molecular formula is C15H21N5O. The largest absolute Gasteiger partial charge is 0.382 e. The number of aromatic nitrogens is 4. The van der Waals surface area contributed by atoms with Crippen LogP contribution in [0.3, 0.4) is 0 Å². The summed E-state index contributed by atoms with van der Waals surface area (Å²) in [6.07, 6.45) is 8.67. The molecule has 0 radical (unpaired) electrons. The van der Waals surface area contributed by atoms with Crippen molar-refractivity contribution in [1.29, 1.82) is 0 Å². The minimum Gasteiger partial charge on any atom is -0.382 e. The van der Waals surface area contributed by atoms with E-state index in [0.29, 0.717) is 17.3 Å². The van der Waals surface area contributed by atoms with Crippen molar-refractivity contribution in [2.75, 3.05) is 12.3 Å². The van der Waals surface area contributed by atoms with E-state index in [9.17, 15) is 0 Å². The van der Waals surface area contributed by atoms with Crippen LogP contribution in [0, 0.1) is 5.92 Å². The fourth-order valence-electron chi connectivity index (χ4n) is 2.55. The van der Waals surface area contributed by atoms with Gasteiger partial charge in [-0.25, -0.2) is 15.0 Å². The summed E-state index contributed by atoms with van der Waals surface area (Å²) in [5, 5.41) is 0. The van der Waals surface area contributed by atoms with Gasteiger partial charge in [0.2, 0.25) is 0 Å². The summed E-state index contributed by atoms with van der Waals surface area (Å²) in [4.78, 5) is 12.6. The highest BCUT2D eigenvalue weighted by Crippen LogP contribution is 2.31. The first-order valence-electron chi connectivity index (χ1n) is 7.19. The van der Waals surface area contributed by atoms with Crippen LogP contribution < -0.4 is 5.73 Å². The molecule has 0 amide bonds. The number of nitrogens with zero attached hydrogens (tertiary/aromatic N) is 4. The number of imidazole rings is 1. The lowest BCUT2D eigenvalue weighted by molar-refractivity contribution is -0.0160. The van der Waals surface area contributed by atoms with Gasteiger partial charge < -0.3 is 15.0 Å². The van der Waals surface area contributed by atoms with E-state index in [-0.39, 0.29) is 11.6 Å².